The maximum Gasteiger partial charge on any atom is 0.126 e. The summed E-state index contributed by atoms with van der Waals surface area (Å²) >= 11 is 7.50. The van der Waals surface area contributed by atoms with Crippen molar-refractivity contribution in [3.8, 4) is 6.07 Å². The normalized spacial score (nSPS) is 13.2. The second-order valence-corrected chi connectivity index (χ2v) is 6.71. The molecule has 0 spiro atoms. The van der Waals surface area contributed by atoms with E-state index >= 15 is 0 Å². The van der Waals surface area contributed by atoms with Crippen molar-refractivity contribution in [3.63, 3.8) is 0 Å². The van der Waals surface area contributed by atoms with Gasteiger partial charge in [-0.15, -0.1) is 11.3 Å². The average Bonchev–Trinajstić information content (AvgIpc) is 3.02. The molecule has 2 aromatic rings. The lowest BCUT2D eigenvalue weighted by Crippen LogP contribution is -2.31. The van der Waals surface area contributed by atoms with Crippen LogP contribution in [-0.4, -0.2) is 6.54 Å². The van der Waals surface area contributed by atoms with Crippen LogP contribution in [0.15, 0.2) is 34.9 Å². The molecule has 0 amide bonds. The standard InChI is InChI=1S/C14H15ClN2OS/c1-14(2,8-16)9-17-13(10-4-3-7-18-10)11-5-6-12(15)19-11/h3-7,13,17H,9H2,1-2H3. The van der Waals surface area contributed by atoms with E-state index in [0.717, 1.165) is 15.0 Å². The minimum Gasteiger partial charge on any atom is -0.467 e. The lowest BCUT2D eigenvalue weighted by Gasteiger charge is -2.21. The summed E-state index contributed by atoms with van der Waals surface area (Å²) < 4.78 is 6.22. The summed E-state index contributed by atoms with van der Waals surface area (Å²) in [5.41, 5.74) is -0.425. The highest BCUT2D eigenvalue weighted by Gasteiger charge is 2.23. The van der Waals surface area contributed by atoms with Gasteiger partial charge >= 0.3 is 0 Å². The quantitative estimate of drug-likeness (QED) is 0.898. The second-order valence-electron chi connectivity index (χ2n) is 4.97. The molecular formula is C14H15ClN2OS. The highest BCUT2D eigenvalue weighted by atomic mass is 35.5. The third-order valence-corrected chi connectivity index (χ3v) is 4.05. The molecule has 5 heteroatoms. The van der Waals surface area contributed by atoms with Crippen LogP contribution in [0, 0.1) is 16.7 Å². The van der Waals surface area contributed by atoms with E-state index in [0.29, 0.717) is 6.54 Å². The molecule has 0 fully saturated rings. The maximum atomic E-state index is 9.08. The van der Waals surface area contributed by atoms with Crippen molar-refractivity contribution in [2.24, 2.45) is 5.41 Å². The Balaban J connectivity index is 2.19. The van der Waals surface area contributed by atoms with E-state index in [2.05, 4.69) is 11.4 Å². The highest BCUT2D eigenvalue weighted by molar-refractivity contribution is 7.16. The smallest absolute Gasteiger partial charge is 0.126 e. The number of nitrogens with zero attached hydrogens (tertiary/aromatic N) is 1. The van der Waals surface area contributed by atoms with Crippen LogP contribution in [0.1, 0.15) is 30.5 Å². The molecule has 1 atom stereocenters. The fourth-order valence-corrected chi connectivity index (χ4v) is 2.82. The van der Waals surface area contributed by atoms with Crippen molar-refractivity contribution in [1.29, 1.82) is 5.26 Å². The summed E-state index contributed by atoms with van der Waals surface area (Å²) in [6.45, 7) is 4.38. The molecule has 2 aromatic heterocycles. The van der Waals surface area contributed by atoms with E-state index in [9.17, 15) is 0 Å². The number of rotatable bonds is 5. The first kappa shape index (κ1) is 14.1. The van der Waals surface area contributed by atoms with Gasteiger partial charge in [-0.05, 0) is 38.1 Å². The molecule has 2 rings (SSSR count). The zero-order chi connectivity index (χ0) is 13.9. The van der Waals surface area contributed by atoms with Crippen molar-refractivity contribution >= 4 is 22.9 Å². The molecule has 2 heterocycles. The summed E-state index contributed by atoms with van der Waals surface area (Å²) in [7, 11) is 0. The molecular weight excluding hydrogens is 280 g/mol. The molecule has 3 nitrogen and oxygen atoms in total. The van der Waals surface area contributed by atoms with Gasteiger partial charge in [0.25, 0.3) is 0 Å². The Morgan fingerprint density at radius 1 is 1.47 bits per heavy atom. The summed E-state index contributed by atoms with van der Waals surface area (Å²) in [4.78, 5) is 1.08. The Hall–Kier alpha value is -1.28. The lowest BCUT2D eigenvalue weighted by atomic mass is 9.95. The van der Waals surface area contributed by atoms with Gasteiger partial charge in [0.15, 0.2) is 0 Å². The van der Waals surface area contributed by atoms with Gasteiger partial charge in [0.05, 0.1) is 22.1 Å². The monoisotopic (exact) mass is 294 g/mol. The molecule has 0 aliphatic rings. The molecule has 0 radical (unpaired) electrons. The van der Waals surface area contributed by atoms with Crippen LogP contribution in [-0.2, 0) is 0 Å². The van der Waals surface area contributed by atoms with E-state index in [4.69, 9.17) is 21.3 Å². The minimum absolute atomic E-state index is 0.0693. The lowest BCUT2D eigenvalue weighted by molar-refractivity contribution is 0.390. The molecule has 0 aromatic carbocycles. The number of hydrogen-bond donors (Lipinski definition) is 1. The Morgan fingerprint density at radius 3 is 2.79 bits per heavy atom. The van der Waals surface area contributed by atoms with Crippen LogP contribution in [0.2, 0.25) is 4.34 Å². The SMILES string of the molecule is CC(C)(C#N)CNC(c1ccco1)c1ccc(Cl)s1. The van der Waals surface area contributed by atoms with Gasteiger partial charge in [0.1, 0.15) is 11.8 Å². The summed E-state index contributed by atoms with van der Waals surface area (Å²) in [6, 6.07) is 9.84. The number of halogens is 1. The minimum atomic E-state index is -0.425. The van der Waals surface area contributed by atoms with Gasteiger partial charge in [0, 0.05) is 11.4 Å². The fraction of sp³-hybridized carbons (Fsp3) is 0.357. The van der Waals surface area contributed by atoms with E-state index in [-0.39, 0.29) is 6.04 Å². The molecule has 1 N–H and O–H groups in total. The largest absolute Gasteiger partial charge is 0.467 e. The van der Waals surface area contributed by atoms with Crippen molar-refractivity contribution < 1.29 is 4.42 Å². The second kappa shape index (κ2) is 5.79. The zero-order valence-electron chi connectivity index (χ0n) is 10.8. The number of hydrogen-bond acceptors (Lipinski definition) is 4. The van der Waals surface area contributed by atoms with Crippen LogP contribution >= 0.6 is 22.9 Å². The van der Waals surface area contributed by atoms with Crippen molar-refractivity contribution in [2.45, 2.75) is 19.9 Å². The van der Waals surface area contributed by atoms with Crippen LogP contribution < -0.4 is 5.32 Å². The molecule has 0 aliphatic carbocycles. The van der Waals surface area contributed by atoms with Gasteiger partial charge in [-0.1, -0.05) is 11.6 Å². The Kier molecular flexibility index (Phi) is 4.31. The summed E-state index contributed by atoms with van der Waals surface area (Å²) in [5, 5.41) is 12.5. The van der Waals surface area contributed by atoms with E-state index in [1.807, 2.05) is 38.1 Å². The molecule has 0 saturated carbocycles. The highest BCUT2D eigenvalue weighted by Crippen LogP contribution is 2.31. The third kappa shape index (κ3) is 3.60. The number of thiophene rings is 1. The van der Waals surface area contributed by atoms with Crippen molar-refractivity contribution in [1.82, 2.24) is 5.32 Å². The number of nitrogens with one attached hydrogen (secondary N) is 1. The molecule has 0 saturated heterocycles. The van der Waals surface area contributed by atoms with Crippen LogP contribution in [0.25, 0.3) is 0 Å². The predicted molar refractivity (Wildman–Crippen MR) is 77.3 cm³/mol. The number of nitriles is 1. The fourth-order valence-electron chi connectivity index (χ4n) is 1.68. The van der Waals surface area contributed by atoms with Gasteiger partial charge in [-0.25, -0.2) is 0 Å². The topological polar surface area (TPSA) is 49.0 Å². The summed E-state index contributed by atoms with van der Waals surface area (Å²) in [6.07, 6.45) is 1.65. The average molecular weight is 295 g/mol. The van der Waals surface area contributed by atoms with Crippen molar-refractivity contribution in [3.05, 3.63) is 45.5 Å². The van der Waals surface area contributed by atoms with Gasteiger partial charge in [-0.3, -0.25) is 0 Å². The molecule has 100 valence electrons. The van der Waals surface area contributed by atoms with Gasteiger partial charge in [-0.2, -0.15) is 5.26 Å². The van der Waals surface area contributed by atoms with Crippen LogP contribution in [0.4, 0.5) is 0 Å². The molecule has 19 heavy (non-hydrogen) atoms. The summed E-state index contributed by atoms with van der Waals surface area (Å²) in [5.74, 6) is 0.826. The Bertz CT molecular complexity index is 569. The molecule has 0 aliphatic heterocycles. The van der Waals surface area contributed by atoms with Gasteiger partial charge < -0.3 is 9.73 Å². The van der Waals surface area contributed by atoms with E-state index < -0.39 is 5.41 Å². The number of furan rings is 1. The first-order valence-corrected chi connectivity index (χ1v) is 7.14. The Morgan fingerprint density at radius 2 is 2.26 bits per heavy atom. The van der Waals surface area contributed by atoms with Crippen molar-refractivity contribution in [2.75, 3.05) is 6.54 Å². The molecule has 0 bridgehead atoms. The Labute approximate surface area is 121 Å². The third-order valence-electron chi connectivity index (χ3n) is 2.76. The maximum absolute atomic E-state index is 9.08. The molecule has 1 unspecified atom stereocenters. The van der Waals surface area contributed by atoms with Gasteiger partial charge in [0.2, 0.25) is 0 Å². The van der Waals surface area contributed by atoms with E-state index in [1.165, 1.54) is 11.3 Å². The van der Waals surface area contributed by atoms with Crippen LogP contribution in [0.5, 0.6) is 0 Å². The van der Waals surface area contributed by atoms with Crippen LogP contribution in [0.3, 0.4) is 0 Å². The zero-order valence-corrected chi connectivity index (χ0v) is 12.4. The van der Waals surface area contributed by atoms with E-state index in [1.54, 1.807) is 6.26 Å². The first-order chi connectivity index (χ1) is 9.02. The first-order valence-electron chi connectivity index (χ1n) is 5.95. The predicted octanol–water partition coefficient (Wildman–Crippen LogP) is 4.22.